The summed E-state index contributed by atoms with van der Waals surface area (Å²) >= 11 is 0. The fourth-order valence-electron chi connectivity index (χ4n) is 4.39. The van der Waals surface area contributed by atoms with Crippen LogP contribution >= 0.6 is 0 Å². The second kappa shape index (κ2) is 11.4. The number of benzene rings is 1. The quantitative estimate of drug-likeness (QED) is 0.622. The molecule has 0 bridgehead atoms. The van der Waals surface area contributed by atoms with Crippen LogP contribution in [-0.2, 0) is 9.59 Å². The molecule has 2 fully saturated rings. The highest BCUT2D eigenvalue weighted by atomic mass is 19.1. The number of hydrogen-bond donors (Lipinski definition) is 3. The Morgan fingerprint density at radius 2 is 1.84 bits per heavy atom. The highest BCUT2D eigenvalue weighted by Gasteiger charge is 2.27. The van der Waals surface area contributed by atoms with Gasteiger partial charge in [0.25, 0.3) is 0 Å². The predicted molar refractivity (Wildman–Crippen MR) is 121 cm³/mol. The SMILES string of the molecule is CC1CCCCC1NC(=O)NC(=O)CN1CCN(C(C)C(=O)Nc2cccc(F)c2)CC1. The lowest BCUT2D eigenvalue weighted by Crippen LogP contribution is -2.55. The molecule has 1 saturated heterocycles. The molecule has 3 atom stereocenters. The third-order valence-corrected chi connectivity index (χ3v) is 6.47. The highest BCUT2D eigenvalue weighted by molar-refractivity contribution is 5.95. The molecule has 0 spiro atoms. The predicted octanol–water partition coefficient (Wildman–Crippen LogP) is 2.17. The van der Waals surface area contributed by atoms with Gasteiger partial charge in [0.15, 0.2) is 0 Å². The van der Waals surface area contributed by atoms with Gasteiger partial charge in [-0.1, -0.05) is 25.8 Å². The van der Waals surface area contributed by atoms with Gasteiger partial charge in [-0.25, -0.2) is 9.18 Å². The average Bonchev–Trinajstić information content (AvgIpc) is 2.75. The van der Waals surface area contributed by atoms with Crippen molar-refractivity contribution in [3.05, 3.63) is 30.1 Å². The molecule has 3 N–H and O–H groups in total. The maximum absolute atomic E-state index is 13.3. The minimum atomic E-state index is -0.421. The topological polar surface area (TPSA) is 93.8 Å². The van der Waals surface area contributed by atoms with Gasteiger partial charge in [-0.05, 0) is 43.9 Å². The summed E-state index contributed by atoms with van der Waals surface area (Å²) in [5.74, 6) is -0.492. The average molecular weight is 448 g/mol. The molecule has 0 radical (unpaired) electrons. The van der Waals surface area contributed by atoms with E-state index in [4.69, 9.17) is 0 Å². The third-order valence-electron chi connectivity index (χ3n) is 6.47. The maximum Gasteiger partial charge on any atom is 0.321 e. The minimum absolute atomic E-state index is 0.125. The number of anilines is 1. The van der Waals surface area contributed by atoms with E-state index in [0.29, 0.717) is 37.8 Å². The number of imide groups is 1. The van der Waals surface area contributed by atoms with E-state index in [1.54, 1.807) is 12.1 Å². The number of rotatable bonds is 6. The monoisotopic (exact) mass is 447 g/mol. The Labute approximate surface area is 188 Å². The molecule has 1 aliphatic carbocycles. The van der Waals surface area contributed by atoms with Gasteiger partial charge in [0, 0.05) is 37.9 Å². The van der Waals surface area contributed by atoms with Gasteiger partial charge in [0.1, 0.15) is 5.82 Å². The van der Waals surface area contributed by atoms with Crippen molar-refractivity contribution in [2.75, 3.05) is 38.0 Å². The fraction of sp³-hybridized carbons (Fsp3) is 0.609. The van der Waals surface area contributed by atoms with Crippen LogP contribution in [0.15, 0.2) is 24.3 Å². The Balaban J connectivity index is 1.37. The van der Waals surface area contributed by atoms with Crippen molar-refractivity contribution in [1.29, 1.82) is 0 Å². The molecule has 1 saturated carbocycles. The van der Waals surface area contributed by atoms with E-state index in [1.165, 1.54) is 18.6 Å². The van der Waals surface area contributed by atoms with Crippen LogP contribution in [0.25, 0.3) is 0 Å². The van der Waals surface area contributed by atoms with Crippen LogP contribution in [0.2, 0.25) is 0 Å². The van der Waals surface area contributed by atoms with E-state index in [0.717, 1.165) is 19.3 Å². The van der Waals surface area contributed by atoms with Crippen molar-refractivity contribution in [1.82, 2.24) is 20.4 Å². The van der Waals surface area contributed by atoms with Crippen LogP contribution in [0.3, 0.4) is 0 Å². The molecule has 3 rings (SSSR count). The molecule has 1 aliphatic heterocycles. The fourth-order valence-corrected chi connectivity index (χ4v) is 4.39. The van der Waals surface area contributed by atoms with Crippen molar-refractivity contribution in [2.45, 2.75) is 51.6 Å². The number of carbonyl (C=O) groups is 3. The van der Waals surface area contributed by atoms with Gasteiger partial charge >= 0.3 is 6.03 Å². The first-order chi connectivity index (χ1) is 15.3. The smallest absolute Gasteiger partial charge is 0.321 e. The molecule has 9 heteroatoms. The molecule has 3 unspecified atom stereocenters. The number of nitrogens with one attached hydrogen (secondary N) is 3. The van der Waals surface area contributed by atoms with Crippen LogP contribution < -0.4 is 16.0 Å². The molecule has 2 aliphatic rings. The third kappa shape index (κ3) is 7.00. The minimum Gasteiger partial charge on any atom is -0.335 e. The molecule has 32 heavy (non-hydrogen) atoms. The summed E-state index contributed by atoms with van der Waals surface area (Å²) in [5, 5.41) is 8.11. The normalized spacial score (nSPS) is 23.2. The summed E-state index contributed by atoms with van der Waals surface area (Å²) in [5.41, 5.74) is 0.429. The Bertz CT molecular complexity index is 813. The van der Waals surface area contributed by atoms with Crippen molar-refractivity contribution in [3.8, 4) is 0 Å². The number of piperazine rings is 1. The van der Waals surface area contributed by atoms with E-state index in [9.17, 15) is 18.8 Å². The zero-order valence-electron chi connectivity index (χ0n) is 18.9. The first-order valence-electron chi connectivity index (χ1n) is 11.4. The molecule has 1 aromatic rings. The molecular formula is C23H34FN5O3. The summed E-state index contributed by atoms with van der Waals surface area (Å²) in [4.78, 5) is 40.9. The Morgan fingerprint density at radius 1 is 1.12 bits per heavy atom. The first kappa shape index (κ1) is 24.1. The molecule has 8 nitrogen and oxygen atoms in total. The van der Waals surface area contributed by atoms with E-state index in [-0.39, 0.29) is 30.4 Å². The van der Waals surface area contributed by atoms with Gasteiger partial charge in [-0.15, -0.1) is 0 Å². The van der Waals surface area contributed by atoms with Crippen LogP contribution in [-0.4, -0.2) is 72.5 Å². The van der Waals surface area contributed by atoms with Crippen molar-refractivity contribution in [3.63, 3.8) is 0 Å². The molecule has 0 aromatic heterocycles. The summed E-state index contributed by atoms with van der Waals surface area (Å²) in [6.07, 6.45) is 4.35. The summed E-state index contributed by atoms with van der Waals surface area (Å²) in [6.45, 7) is 6.57. The van der Waals surface area contributed by atoms with Crippen LogP contribution in [0.4, 0.5) is 14.9 Å². The van der Waals surface area contributed by atoms with E-state index in [1.807, 2.05) is 16.7 Å². The van der Waals surface area contributed by atoms with E-state index < -0.39 is 11.8 Å². The number of nitrogens with zero attached hydrogens (tertiary/aromatic N) is 2. The number of hydrogen-bond acceptors (Lipinski definition) is 5. The molecular weight excluding hydrogens is 413 g/mol. The van der Waals surface area contributed by atoms with Gasteiger partial charge < -0.3 is 10.6 Å². The zero-order chi connectivity index (χ0) is 23.1. The standard InChI is InChI=1S/C23H34FN5O3/c1-16-6-3-4-9-20(16)26-23(32)27-21(30)15-28-10-12-29(13-11-28)17(2)22(31)25-19-8-5-7-18(24)14-19/h5,7-8,14,16-17,20H,3-4,6,9-13,15H2,1-2H3,(H,25,31)(H2,26,27,30,32). The van der Waals surface area contributed by atoms with Crippen LogP contribution in [0.5, 0.6) is 0 Å². The zero-order valence-corrected chi connectivity index (χ0v) is 18.9. The number of halogens is 1. The first-order valence-corrected chi connectivity index (χ1v) is 11.4. The van der Waals surface area contributed by atoms with Crippen molar-refractivity contribution < 1.29 is 18.8 Å². The second-order valence-electron chi connectivity index (χ2n) is 8.88. The number of amides is 4. The van der Waals surface area contributed by atoms with Gasteiger partial charge in [0.2, 0.25) is 11.8 Å². The molecule has 1 heterocycles. The molecule has 176 valence electrons. The lowest BCUT2D eigenvalue weighted by molar-refractivity contribution is -0.124. The second-order valence-corrected chi connectivity index (χ2v) is 8.88. The van der Waals surface area contributed by atoms with E-state index >= 15 is 0 Å². The van der Waals surface area contributed by atoms with E-state index in [2.05, 4.69) is 22.9 Å². The van der Waals surface area contributed by atoms with Crippen LogP contribution in [0.1, 0.15) is 39.5 Å². The summed E-state index contributed by atoms with van der Waals surface area (Å²) in [6, 6.07) is 5.14. The highest BCUT2D eigenvalue weighted by Crippen LogP contribution is 2.23. The summed E-state index contributed by atoms with van der Waals surface area (Å²) in [7, 11) is 0. The Hall–Kier alpha value is -2.52. The molecule has 1 aromatic carbocycles. The number of urea groups is 1. The van der Waals surface area contributed by atoms with Gasteiger partial charge in [-0.2, -0.15) is 0 Å². The van der Waals surface area contributed by atoms with Crippen molar-refractivity contribution in [2.24, 2.45) is 5.92 Å². The van der Waals surface area contributed by atoms with Gasteiger partial charge in [-0.3, -0.25) is 24.7 Å². The molecule has 4 amide bonds. The number of carbonyl (C=O) groups excluding carboxylic acids is 3. The van der Waals surface area contributed by atoms with Gasteiger partial charge in [0.05, 0.1) is 12.6 Å². The Kier molecular flexibility index (Phi) is 8.58. The Morgan fingerprint density at radius 3 is 2.53 bits per heavy atom. The lowest BCUT2D eigenvalue weighted by atomic mass is 9.86. The lowest BCUT2D eigenvalue weighted by Gasteiger charge is -2.37. The maximum atomic E-state index is 13.3. The largest absolute Gasteiger partial charge is 0.335 e. The summed E-state index contributed by atoms with van der Waals surface area (Å²) < 4.78 is 13.3. The van der Waals surface area contributed by atoms with Crippen molar-refractivity contribution >= 4 is 23.5 Å². The van der Waals surface area contributed by atoms with Crippen LogP contribution in [0, 0.1) is 11.7 Å².